The van der Waals surface area contributed by atoms with Gasteiger partial charge < -0.3 is 5.73 Å². The van der Waals surface area contributed by atoms with Gasteiger partial charge in [0.2, 0.25) is 0 Å². The second kappa shape index (κ2) is 5.03. The number of fused-ring (bicyclic) bond motifs is 1. The normalized spacial score (nSPS) is 11.2. The van der Waals surface area contributed by atoms with E-state index in [1.807, 2.05) is 24.8 Å². The van der Waals surface area contributed by atoms with Crippen molar-refractivity contribution in [2.75, 3.05) is 0 Å². The van der Waals surface area contributed by atoms with Crippen LogP contribution in [-0.4, -0.2) is 30.3 Å². The molecular formula is C15H12N6OS. The number of carbonyl (C=O) groups is 1. The Labute approximate surface area is 135 Å². The fourth-order valence-electron chi connectivity index (χ4n) is 2.40. The summed E-state index contributed by atoms with van der Waals surface area (Å²) in [7, 11) is 1.87. The quantitative estimate of drug-likeness (QED) is 0.623. The van der Waals surface area contributed by atoms with Crippen LogP contribution in [0, 0.1) is 0 Å². The van der Waals surface area contributed by atoms with E-state index in [0.717, 1.165) is 27.9 Å². The van der Waals surface area contributed by atoms with E-state index in [-0.39, 0.29) is 0 Å². The zero-order valence-corrected chi connectivity index (χ0v) is 13.0. The molecule has 0 aromatic carbocycles. The summed E-state index contributed by atoms with van der Waals surface area (Å²) in [6.07, 6.45) is 9.14. The summed E-state index contributed by atoms with van der Waals surface area (Å²) in [6, 6.07) is 1.76. The third-order valence-electron chi connectivity index (χ3n) is 3.55. The van der Waals surface area contributed by atoms with Gasteiger partial charge in [0.15, 0.2) is 5.65 Å². The molecule has 4 rings (SSSR count). The average Bonchev–Trinajstić information content (AvgIpc) is 3.24. The number of rotatable bonds is 3. The number of aromatic nitrogens is 5. The molecule has 0 fully saturated rings. The molecule has 4 aromatic rings. The van der Waals surface area contributed by atoms with Gasteiger partial charge in [0.1, 0.15) is 0 Å². The Balaban J connectivity index is 1.79. The van der Waals surface area contributed by atoms with Crippen molar-refractivity contribution in [3.8, 4) is 22.3 Å². The third kappa shape index (κ3) is 2.29. The van der Waals surface area contributed by atoms with Gasteiger partial charge in [-0.1, -0.05) is 0 Å². The van der Waals surface area contributed by atoms with Gasteiger partial charge in [-0.2, -0.15) is 10.2 Å². The van der Waals surface area contributed by atoms with Crippen molar-refractivity contribution in [2.45, 2.75) is 0 Å². The molecule has 4 heterocycles. The molecular weight excluding hydrogens is 312 g/mol. The van der Waals surface area contributed by atoms with E-state index in [9.17, 15) is 4.79 Å². The number of hydrogen-bond donors (Lipinski definition) is 1. The predicted octanol–water partition coefficient (Wildman–Crippen LogP) is 1.96. The van der Waals surface area contributed by atoms with E-state index in [1.165, 1.54) is 11.3 Å². The van der Waals surface area contributed by atoms with Crippen LogP contribution in [0.3, 0.4) is 0 Å². The molecule has 0 atom stereocenters. The molecule has 0 aliphatic rings. The van der Waals surface area contributed by atoms with Crippen LogP contribution in [0.1, 0.15) is 9.67 Å². The minimum absolute atomic E-state index is 0.426. The average molecular weight is 324 g/mol. The van der Waals surface area contributed by atoms with Crippen molar-refractivity contribution in [3.05, 3.63) is 47.3 Å². The summed E-state index contributed by atoms with van der Waals surface area (Å²) in [5, 5.41) is 10.4. The van der Waals surface area contributed by atoms with E-state index >= 15 is 0 Å². The highest BCUT2D eigenvalue weighted by molar-refractivity contribution is 7.12. The number of aryl methyl sites for hydroxylation is 1. The molecule has 0 radical (unpaired) electrons. The molecule has 2 N–H and O–H groups in total. The summed E-state index contributed by atoms with van der Waals surface area (Å²) in [4.78, 5) is 16.3. The molecule has 0 spiro atoms. The van der Waals surface area contributed by atoms with Crippen molar-refractivity contribution < 1.29 is 4.79 Å². The molecule has 8 heteroatoms. The summed E-state index contributed by atoms with van der Waals surface area (Å²) in [5.74, 6) is -0.426. The highest BCUT2D eigenvalue weighted by Crippen LogP contribution is 2.29. The maximum Gasteiger partial charge on any atom is 0.258 e. The fourth-order valence-corrected chi connectivity index (χ4v) is 3.16. The topological polar surface area (TPSA) is 91.1 Å². The standard InChI is InChI=1S/C15H12N6OS/c1-20-6-11(4-18-20)10-3-17-15-12(5-19-21(15)7-10)9-2-13(14(16)22)23-8-9/h2-8H,1H3,(H2,16,22). The number of primary amides is 1. The van der Waals surface area contributed by atoms with Crippen LogP contribution in [0.25, 0.3) is 27.9 Å². The maximum atomic E-state index is 11.2. The van der Waals surface area contributed by atoms with Gasteiger partial charge in [0.25, 0.3) is 5.91 Å². The summed E-state index contributed by atoms with van der Waals surface area (Å²) >= 11 is 1.32. The van der Waals surface area contributed by atoms with E-state index in [0.29, 0.717) is 4.88 Å². The second-order valence-corrected chi connectivity index (χ2v) is 6.05. The number of hydrogen-bond acceptors (Lipinski definition) is 5. The minimum atomic E-state index is -0.426. The Hall–Kier alpha value is -3.00. The zero-order chi connectivity index (χ0) is 16.0. The number of nitrogens with zero attached hydrogens (tertiary/aromatic N) is 5. The Kier molecular flexibility index (Phi) is 2.98. The minimum Gasteiger partial charge on any atom is -0.365 e. The largest absolute Gasteiger partial charge is 0.365 e. The first-order valence-corrected chi connectivity index (χ1v) is 7.71. The summed E-state index contributed by atoms with van der Waals surface area (Å²) in [5.41, 5.74) is 9.70. The van der Waals surface area contributed by atoms with Crippen LogP contribution in [0.5, 0.6) is 0 Å². The van der Waals surface area contributed by atoms with Gasteiger partial charge in [0, 0.05) is 42.3 Å². The second-order valence-electron chi connectivity index (χ2n) is 5.14. The van der Waals surface area contributed by atoms with Crippen LogP contribution in [0.15, 0.2) is 42.4 Å². The van der Waals surface area contributed by atoms with Gasteiger partial charge >= 0.3 is 0 Å². The maximum absolute atomic E-state index is 11.2. The number of amides is 1. The third-order valence-corrected chi connectivity index (χ3v) is 4.49. The zero-order valence-electron chi connectivity index (χ0n) is 12.2. The molecule has 23 heavy (non-hydrogen) atoms. The van der Waals surface area contributed by atoms with Gasteiger partial charge in [-0.3, -0.25) is 9.48 Å². The van der Waals surface area contributed by atoms with Crippen molar-refractivity contribution >= 4 is 22.9 Å². The van der Waals surface area contributed by atoms with E-state index in [4.69, 9.17) is 5.73 Å². The molecule has 0 bridgehead atoms. The Bertz CT molecular complexity index is 1030. The van der Waals surface area contributed by atoms with Gasteiger partial charge in [-0.25, -0.2) is 9.50 Å². The highest BCUT2D eigenvalue weighted by Gasteiger charge is 2.13. The number of nitrogens with two attached hydrogens (primary N) is 1. The molecule has 4 aromatic heterocycles. The molecule has 0 aliphatic carbocycles. The first kappa shape index (κ1) is 13.6. The first-order chi connectivity index (χ1) is 11.1. The van der Waals surface area contributed by atoms with Gasteiger partial charge in [-0.15, -0.1) is 11.3 Å². The Morgan fingerprint density at radius 3 is 2.65 bits per heavy atom. The van der Waals surface area contributed by atoms with Crippen LogP contribution < -0.4 is 5.73 Å². The Morgan fingerprint density at radius 1 is 1.13 bits per heavy atom. The van der Waals surface area contributed by atoms with Crippen LogP contribution in [0.2, 0.25) is 0 Å². The molecule has 0 aliphatic heterocycles. The molecule has 7 nitrogen and oxygen atoms in total. The molecule has 0 saturated carbocycles. The SMILES string of the molecule is Cn1cc(-c2cnc3c(-c4csc(C(N)=O)c4)cnn3c2)cn1. The smallest absolute Gasteiger partial charge is 0.258 e. The van der Waals surface area contributed by atoms with Crippen molar-refractivity contribution in [1.82, 2.24) is 24.4 Å². The van der Waals surface area contributed by atoms with Crippen molar-refractivity contribution in [3.63, 3.8) is 0 Å². The van der Waals surface area contributed by atoms with Crippen LogP contribution in [0.4, 0.5) is 0 Å². The molecule has 1 amide bonds. The van der Waals surface area contributed by atoms with E-state index in [2.05, 4.69) is 15.2 Å². The fraction of sp³-hybridized carbons (Fsp3) is 0.0667. The van der Waals surface area contributed by atoms with Gasteiger partial charge in [0.05, 0.1) is 17.3 Å². The first-order valence-electron chi connectivity index (χ1n) is 6.83. The van der Waals surface area contributed by atoms with E-state index < -0.39 is 5.91 Å². The lowest BCUT2D eigenvalue weighted by molar-refractivity contribution is 0.100. The predicted molar refractivity (Wildman–Crippen MR) is 87.0 cm³/mol. The van der Waals surface area contributed by atoms with Crippen molar-refractivity contribution in [1.29, 1.82) is 0 Å². The lowest BCUT2D eigenvalue weighted by Crippen LogP contribution is -2.08. The van der Waals surface area contributed by atoms with Crippen molar-refractivity contribution in [2.24, 2.45) is 12.8 Å². The lowest BCUT2D eigenvalue weighted by Gasteiger charge is -1.99. The molecule has 114 valence electrons. The lowest BCUT2D eigenvalue weighted by atomic mass is 10.1. The molecule has 0 saturated heterocycles. The molecule has 0 unspecified atom stereocenters. The van der Waals surface area contributed by atoms with Gasteiger partial charge in [-0.05, 0) is 17.0 Å². The van der Waals surface area contributed by atoms with Crippen LogP contribution in [-0.2, 0) is 7.05 Å². The number of carbonyl (C=O) groups excluding carboxylic acids is 1. The Morgan fingerprint density at radius 2 is 1.96 bits per heavy atom. The van der Waals surface area contributed by atoms with E-state index in [1.54, 1.807) is 33.9 Å². The monoisotopic (exact) mass is 324 g/mol. The number of thiophene rings is 1. The highest BCUT2D eigenvalue weighted by atomic mass is 32.1. The summed E-state index contributed by atoms with van der Waals surface area (Å²) < 4.78 is 3.46. The summed E-state index contributed by atoms with van der Waals surface area (Å²) in [6.45, 7) is 0. The van der Waals surface area contributed by atoms with Crippen LogP contribution >= 0.6 is 11.3 Å².